The number of nitrogens with zero attached hydrogens (tertiary/aromatic N) is 1. The van der Waals surface area contributed by atoms with Crippen LogP contribution in [0.15, 0.2) is 170 Å². The van der Waals surface area contributed by atoms with Crippen molar-refractivity contribution in [2.75, 3.05) is 47.5 Å². The maximum absolute atomic E-state index is 12.9. The van der Waals surface area contributed by atoms with Crippen molar-refractivity contribution < 1.29 is 42.9 Å². The van der Waals surface area contributed by atoms with E-state index in [9.17, 15) is 19.5 Å². The lowest BCUT2D eigenvalue weighted by Crippen LogP contribution is -2.44. The molecule has 2 atom stereocenters. The number of rotatable bonds is 53. The van der Waals surface area contributed by atoms with Gasteiger partial charge in [-0.15, -0.1) is 0 Å². The zero-order valence-corrected chi connectivity index (χ0v) is 50.2. The van der Waals surface area contributed by atoms with Gasteiger partial charge in [-0.1, -0.05) is 223 Å². The van der Waals surface area contributed by atoms with E-state index in [0.717, 1.165) is 154 Å². The van der Waals surface area contributed by atoms with Gasteiger partial charge in [0.05, 0.1) is 40.3 Å². The van der Waals surface area contributed by atoms with E-state index in [4.69, 9.17) is 18.9 Å². The lowest BCUT2D eigenvalue weighted by atomic mass is 10.1. The predicted molar refractivity (Wildman–Crippen MR) is 333 cm³/mol. The van der Waals surface area contributed by atoms with Gasteiger partial charge < -0.3 is 33.3 Å². The molecular weight excluding hydrogens is 983 g/mol. The first-order chi connectivity index (χ1) is 38.6. The molecule has 79 heavy (non-hydrogen) atoms. The fraction of sp³-hybridized carbons (Fsp3) is 0.557. The summed E-state index contributed by atoms with van der Waals surface area (Å²) in [5, 5.41) is 11.8. The molecule has 0 bridgehead atoms. The molecule has 0 aliphatic carbocycles. The first-order valence-corrected chi connectivity index (χ1v) is 30.3. The monoisotopic (exact) mass is 1090 g/mol. The fourth-order valence-electron chi connectivity index (χ4n) is 7.38. The molecule has 0 aromatic rings. The summed E-state index contributed by atoms with van der Waals surface area (Å²) in [5.74, 6) is -2.36. The number of aliphatic carboxylic acids is 1. The number of allylic oxidation sites excluding steroid dienone is 28. The number of ether oxygens (including phenoxy) is 4. The van der Waals surface area contributed by atoms with Crippen LogP contribution < -0.4 is 5.11 Å². The summed E-state index contributed by atoms with van der Waals surface area (Å²) >= 11 is 0. The van der Waals surface area contributed by atoms with Gasteiger partial charge in [0.25, 0.3) is 0 Å². The Morgan fingerprint density at radius 3 is 1.01 bits per heavy atom. The van der Waals surface area contributed by atoms with Crippen LogP contribution in [0.1, 0.15) is 194 Å². The van der Waals surface area contributed by atoms with Gasteiger partial charge in [0.2, 0.25) is 0 Å². The van der Waals surface area contributed by atoms with Crippen molar-refractivity contribution in [1.29, 1.82) is 0 Å². The normalized spacial score (nSPS) is 14.0. The second-order valence-electron chi connectivity index (χ2n) is 20.5. The van der Waals surface area contributed by atoms with Gasteiger partial charge in [-0.25, -0.2) is 0 Å². The Hall–Kier alpha value is -5.35. The van der Waals surface area contributed by atoms with Crippen LogP contribution in [-0.4, -0.2) is 82.3 Å². The molecular formula is C70H109NO8. The van der Waals surface area contributed by atoms with Crippen molar-refractivity contribution >= 4 is 17.9 Å². The smallest absolute Gasteiger partial charge is 0.306 e. The van der Waals surface area contributed by atoms with Gasteiger partial charge >= 0.3 is 11.9 Å². The third kappa shape index (κ3) is 60.1. The van der Waals surface area contributed by atoms with Crippen LogP contribution in [0, 0.1) is 0 Å². The summed E-state index contributed by atoms with van der Waals surface area (Å²) in [7, 11) is 5.89. The van der Waals surface area contributed by atoms with Crippen LogP contribution in [0.2, 0.25) is 0 Å². The van der Waals surface area contributed by atoms with Crippen LogP contribution in [0.4, 0.5) is 0 Å². The van der Waals surface area contributed by atoms with Crippen molar-refractivity contribution in [3.8, 4) is 0 Å². The van der Waals surface area contributed by atoms with Crippen molar-refractivity contribution in [3.05, 3.63) is 170 Å². The molecule has 0 saturated carbocycles. The number of quaternary nitrogens is 1. The molecule has 0 fully saturated rings. The molecule has 0 rings (SSSR count). The number of hydrogen-bond acceptors (Lipinski definition) is 8. The topological polar surface area (TPSA) is 111 Å². The van der Waals surface area contributed by atoms with E-state index in [-0.39, 0.29) is 32.7 Å². The largest absolute Gasteiger partial charge is 0.545 e. The quantitative estimate of drug-likeness (QED) is 0.0195. The highest BCUT2D eigenvalue weighted by Gasteiger charge is 2.22. The third-order valence-electron chi connectivity index (χ3n) is 12.0. The average Bonchev–Trinajstić information content (AvgIpc) is 3.42. The maximum atomic E-state index is 12.9. The predicted octanol–water partition coefficient (Wildman–Crippen LogP) is 17.0. The van der Waals surface area contributed by atoms with Gasteiger partial charge in [-0.2, -0.15) is 0 Å². The van der Waals surface area contributed by atoms with E-state index >= 15 is 0 Å². The Kier molecular flexibility index (Phi) is 54.8. The number of carbonyl (C=O) groups is 3. The van der Waals surface area contributed by atoms with Crippen LogP contribution in [0.25, 0.3) is 0 Å². The summed E-state index contributed by atoms with van der Waals surface area (Å²) in [6.07, 6.45) is 85.5. The van der Waals surface area contributed by atoms with Crippen molar-refractivity contribution in [2.45, 2.75) is 206 Å². The molecule has 0 aliphatic rings. The molecule has 0 heterocycles. The molecule has 0 aliphatic heterocycles. The summed E-state index contributed by atoms with van der Waals surface area (Å²) in [5.41, 5.74) is 0. The molecule has 0 saturated heterocycles. The van der Waals surface area contributed by atoms with E-state index in [1.54, 1.807) is 0 Å². The standard InChI is InChI=1S/C70H109NO8/c1-6-8-10-12-14-16-18-20-22-24-25-26-27-28-29-30-31-32-33-34-35-36-37-38-39-40-41-42-43-45-47-49-51-53-55-57-59-61-68(73)79-66(65-78-70(69(74)75)76-63-62-71(3,4)5)64-77-67(72)60-58-56-54-52-50-48-46-44-23-21-19-17-15-13-11-9-7-2/h8-11,14-17,20-23,25-26,28-29,31-32,34-35,37-38,40-41,43,45-46,48,66,70H,6-7,12-13,18-19,24,27,30,33,36,39,42,44,47,49-65H2,1-5H3/b10-8-,11-9-,16-14-,17-15-,22-20-,23-21-,26-25-,29-28-,32-31-,35-34-,38-37-,41-40-,45-43-,48-46-. The average molecular weight is 1090 g/mol. The van der Waals surface area contributed by atoms with Gasteiger partial charge in [-0.05, 0) is 128 Å². The number of esters is 2. The molecule has 9 heteroatoms. The Morgan fingerprint density at radius 2 is 0.684 bits per heavy atom. The number of unbranched alkanes of at least 4 members (excludes halogenated alkanes) is 10. The zero-order chi connectivity index (χ0) is 57.6. The Morgan fingerprint density at radius 1 is 0.380 bits per heavy atom. The van der Waals surface area contributed by atoms with Crippen LogP contribution in [-0.2, 0) is 33.3 Å². The number of carboxylic acids is 1. The van der Waals surface area contributed by atoms with Gasteiger partial charge in [0, 0.05) is 12.8 Å². The van der Waals surface area contributed by atoms with Crippen molar-refractivity contribution in [1.82, 2.24) is 0 Å². The minimum atomic E-state index is -1.64. The van der Waals surface area contributed by atoms with Crippen molar-refractivity contribution in [3.63, 3.8) is 0 Å². The molecule has 0 N–H and O–H groups in total. The zero-order valence-electron chi connectivity index (χ0n) is 50.2. The Bertz CT molecular complexity index is 1900. The van der Waals surface area contributed by atoms with E-state index in [0.29, 0.717) is 23.9 Å². The second-order valence-corrected chi connectivity index (χ2v) is 20.5. The van der Waals surface area contributed by atoms with Crippen LogP contribution >= 0.6 is 0 Å². The number of carboxylic acid groups (broad SMARTS) is 1. The SMILES string of the molecule is CC/C=C\C/C=C\C/C=C\C/C=C\C/C=C\C/C=C\C/C=C\C/C=C\C/C=C\C/C=C\CCCCCCCCC(=O)OC(COC(=O)CCCCCC/C=C\C/C=C\C/C=C\C/C=C\CC)COC(OCC[N+](C)(C)C)C(=O)[O-]. The van der Waals surface area contributed by atoms with Crippen molar-refractivity contribution in [2.24, 2.45) is 0 Å². The molecule has 0 spiro atoms. The lowest BCUT2D eigenvalue weighted by Gasteiger charge is -2.26. The Balaban J connectivity index is 4.29. The first-order valence-electron chi connectivity index (χ1n) is 30.3. The highest BCUT2D eigenvalue weighted by atomic mass is 16.7. The first kappa shape index (κ1) is 73.7. The molecule has 9 nitrogen and oxygen atoms in total. The molecule has 0 radical (unpaired) electrons. The second kappa shape index (κ2) is 58.8. The van der Waals surface area contributed by atoms with E-state index in [2.05, 4.69) is 184 Å². The summed E-state index contributed by atoms with van der Waals surface area (Å²) in [6.45, 7) is 4.44. The van der Waals surface area contributed by atoms with Crippen LogP contribution in [0.5, 0.6) is 0 Å². The van der Waals surface area contributed by atoms with E-state index < -0.39 is 30.3 Å². The van der Waals surface area contributed by atoms with E-state index in [1.807, 2.05) is 21.1 Å². The lowest BCUT2D eigenvalue weighted by molar-refractivity contribution is -0.870. The molecule has 442 valence electrons. The minimum Gasteiger partial charge on any atom is -0.545 e. The number of hydrogen-bond donors (Lipinski definition) is 0. The Labute approximate surface area is 482 Å². The summed E-state index contributed by atoms with van der Waals surface area (Å²) in [6, 6.07) is 0. The third-order valence-corrected chi connectivity index (χ3v) is 12.0. The molecule has 2 unspecified atom stereocenters. The van der Waals surface area contributed by atoms with Gasteiger partial charge in [0.1, 0.15) is 13.2 Å². The van der Waals surface area contributed by atoms with Gasteiger partial charge in [0.15, 0.2) is 12.4 Å². The van der Waals surface area contributed by atoms with Crippen LogP contribution in [0.3, 0.4) is 0 Å². The molecule has 0 amide bonds. The minimum absolute atomic E-state index is 0.130. The highest BCUT2D eigenvalue weighted by molar-refractivity contribution is 5.70. The van der Waals surface area contributed by atoms with Gasteiger partial charge in [-0.3, -0.25) is 9.59 Å². The maximum Gasteiger partial charge on any atom is 0.306 e. The molecule has 0 aromatic heterocycles. The molecule has 0 aromatic carbocycles. The number of carbonyl (C=O) groups excluding carboxylic acids is 3. The van der Waals surface area contributed by atoms with E-state index in [1.165, 1.54) is 0 Å². The number of likely N-dealkylation sites (N-methyl/N-ethyl adjacent to an activating group) is 1. The fourth-order valence-corrected chi connectivity index (χ4v) is 7.38. The highest BCUT2D eigenvalue weighted by Crippen LogP contribution is 2.13. The summed E-state index contributed by atoms with van der Waals surface area (Å²) < 4.78 is 22.6. The summed E-state index contributed by atoms with van der Waals surface area (Å²) in [4.78, 5) is 37.3.